The van der Waals surface area contributed by atoms with Crippen molar-refractivity contribution in [2.45, 2.75) is 26.2 Å². The molecule has 0 aromatic carbocycles. The van der Waals surface area contributed by atoms with Crippen molar-refractivity contribution in [1.29, 1.82) is 0 Å². The fourth-order valence-electron chi connectivity index (χ4n) is 1.16. The van der Waals surface area contributed by atoms with Gasteiger partial charge in [-0.1, -0.05) is 11.2 Å². The van der Waals surface area contributed by atoms with E-state index in [4.69, 9.17) is 0 Å². The molecule has 1 rings (SSSR count). The first-order chi connectivity index (χ1) is 6.24. The fourth-order valence-corrected chi connectivity index (χ4v) is 1.16. The van der Waals surface area contributed by atoms with Gasteiger partial charge in [0.1, 0.15) is 0 Å². The van der Waals surface area contributed by atoms with Crippen molar-refractivity contribution in [2.24, 2.45) is 5.16 Å². The second-order valence-corrected chi connectivity index (χ2v) is 2.95. The van der Waals surface area contributed by atoms with Crippen molar-refractivity contribution in [1.82, 2.24) is 5.32 Å². The van der Waals surface area contributed by atoms with Gasteiger partial charge in [-0.15, -0.1) is 0 Å². The van der Waals surface area contributed by atoms with Crippen molar-refractivity contribution in [2.75, 3.05) is 7.05 Å². The highest BCUT2D eigenvalue weighted by atomic mass is 16.7. The Bertz CT molecular complexity index is 256. The number of nitrogens with zero attached hydrogens (tertiary/aromatic N) is 1. The first-order valence-corrected chi connectivity index (χ1v) is 4.36. The Morgan fingerprint density at radius 2 is 2.46 bits per heavy atom. The molecule has 0 aromatic rings. The molecule has 0 saturated heterocycles. The molecule has 0 bridgehead atoms. The van der Waals surface area contributed by atoms with Gasteiger partial charge in [-0.05, 0) is 31.8 Å². The Morgan fingerprint density at radius 3 is 3.08 bits per heavy atom. The van der Waals surface area contributed by atoms with Gasteiger partial charge in [0, 0.05) is 7.05 Å². The zero-order chi connectivity index (χ0) is 9.68. The zero-order valence-electron chi connectivity index (χ0n) is 7.96. The van der Waals surface area contributed by atoms with Gasteiger partial charge in [-0.2, -0.15) is 0 Å². The largest absolute Gasteiger partial charge is 0.433 e. The summed E-state index contributed by atoms with van der Waals surface area (Å²) in [6.07, 6.45) is 4.64. The first-order valence-electron chi connectivity index (χ1n) is 4.36. The molecule has 0 saturated carbocycles. The smallest absolute Gasteiger partial charge is 0.323 e. The van der Waals surface area contributed by atoms with Crippen LogP contribution in [0.1, 0.15) is 26.2 Å². The highest BCUT2D eigenvalue weighted by molar-refractivity contribution is 6.00. The maximum Gasteiger partial charge on any atom is 0.433 e. The fraction of sp³-hybridized carbons (Fsp3) is 0.556. The Balaban J connectivity index is 2.54. The molecule has 1 amide bonds. The molecular formula is C9H14N2O2. The van der Waals surface area contributed by atoms with Gasteiger partial charge in [-0.25, -0.2) is 4.79 Å². The molecule has 4 heteroatoms. The highest BCUT2D eigenvalue weighted by Crippen LogP contribution is 2.14. The van der Waals surface area contributed by atoms with Crippen LogP contribution < -0.4 is 5.32 Å². The molecule has 0 aliphatic heterocycles. The molecule has 0 heterocycles. The summed E-state index contributed by atoms with van der Waals surface area (Å²) in [5.74, 6) is 0. The molecule has 0 spiro atoms. The maximum atomic E-state index is 10.7. The molecule has 0 unspecified atom stereocenters. The monoisotopic (exact) mass is 182 g/mol. The summed E-state index contributed by atoms with van der Waals surface area (Å²) < 4.78 is 0. The third-order valence-corrected chi connectivity index (χ3v) is 1.97. The molecular weight excluding hydrogens is 168 g/mol. The van der Waals surface area contributed by atoms with E-state index in [0.29, 0.717) is 0 Å². The zero-order valence-corrected chi connectivity index (χ0v) is 7.96. The summed E-state index contributed by atoms with van der Waals surface area (Å²) in [5.41, 5.74) is 1.98. The summed E-state index contributed by atoms with van der Waals surface area (Å²) >= 11 is 0. The molecule has 0 atom stereocenters. The minimum atomic E-state index is -0.522. The SMILES string of the molecule is CNC(=O)O/N=C1\CCCC=C1C. The number of carbonyl (C=O) groups is 1. The Labute approximate surface area is 77.6 Å². The van der Waals surface area contributed by atoms with Crippen LogP contribution in [0.5, 0.6) is 0 Å². The number of carbonyl (C=O) groups excluding carboxylic acids is 1. The number of oxime groups is 1. The minimum absolute atomic E-state index is 0.522. The van der Waals surface area contributed by atoms with Crippen molar-refractivity contribution in [3.05, 3.63) is 11.6 Å². The number of allylic oxidation sites excluding steroid dienone is 2. The Hall–Kier alpha value is -1.32. The van der Waals surface area contributed by atoms with E-state index in [1.165, 1.54) is 7.05 Å². The first kappa shape index (κ1) is 9.77. The van der Waals surface area contributed by atoms with E-state index in [1.54, 1.807) is 0 Å². The van der Waals surface area contributed by atoms with Gasteiger partial charge >= 0.3 is 6.09 Å². The number of amides is 1. The van der Waals surface area contributed by atoms with Crippen LogP contribution in [0.15, 0.2) is 16.8 Å². The van der Waals surface area contributed by atoms with Gasteiger partial charge in [0.25, 0.3) is 0 Å². The van der Waals surface area contributed by atoms with E-state index >= 15 is 0 Å². The number of rotatable bonds is 1. The van der Waals surface area contributed by atoms with Gasteiger partial charge in [0.15, 0.2) is 0 Å². The molecule has 0 aromatic heterocycles. The van der Waals surface area contributed by atoms with Crippen molar-refractivity contribution in [3.63, 3.8) is 0 Å². The lowest BCUT2D eigenvalue weighted by atomic mass is 9.99. The van der Waals surface area contributed by atoms with Crippen LogP contribution in [0.25, 0.3) is 0 Å². The van der Waals surface area contributed by atoms with Gasteiger partial charge in [0.05, 0.1) is 5.71 Å². The van der Waals surface area contributed by atoms with Crippen LogP contribution in [0, 0.1) is 0 Å². The van der Waals surface area contributed by atoms with Gasteiger partial charge < -0.3 is 5.32 Å². The molecule has 1 aliphatic carbocycles. The minimum Gasteiger partial charge on any atom is -0.323 e. The average molecular weight is 182 g/mol. The van der Waals surface area contributed by atoms with E-state index in [-0.39, 0.29) is 0 Å². The second kappa shape index (κ2) is 4.64. The predicted molar refractivity (Wildman–Crippen MR) is 50.6 cm³/mol. The van der Waals surface area contributed by atoms with E-state index in [0.717, 1.165) is 30.5 Å². The molecule has 4 nitrogen and oxygen atoms in total. The summed E-state index contributed by atoms with van der Waals surface area (Å²) in [5, 5.41) is 6.10. The Kier molecular flexibility index (Phi) is 3.49. The van der Waals surface area contributed by atoms with Crippen LogP contribution in [-0.2, 0) is 4.84 Å². The number of hydrogen-bond donors (Lipinski definition) is 1. The summed E-state index contributed by atoms with van der Waals surface area (Å²) in [6.45, 7) is 1.98. The summed E-state index contributed by atoms with van der Waals surface area (Å²) in [6, 6.07) is 0. The highest BCUT2D eigenvalue weighted by Gasteiger charge is 2.08. The molecule has 0 fully saturated rings. The van der Waals surface area contributed by atoms with E-state index in [1.807, 2.05) is 6.92 Å². The quantitative estimate of drug-likeness (QED) is 0.496. The van der Waals surface area contributed by atoms with Crippen LogP contribution in [0.3, 0.4) is 0 Å². The molecule has 1 N–H and O–H groups in total. The third kappa shape index (κ3) is 2.89. The topological polar surface area (TPSA) is 50.7 Å². The number of nitrogens with one attached hydrogen (secondary N) is 1. The van der Waals surface area contributed by atoms with Gasteiger partial charge in [0.2, 0.25) is 0 Å². The maximum absolute atomic E-state index is 10.7. The normalized spacial score (nSPS) is 19.5. The molecule has 0 radical (unpaired) electrons. The molecule has 1 aliphatic rings. The predicted octanol–water partition coefficient (Wildman–Crippen LogP) is 1.83. The van der Waals surface area contributed by atoms with Crippen molar-refractivity contribution >= 4 is 11.8 Å². The van der Waals surface area contributed by atoms with Crippen LogP contribution in [0.4, 0.5) is 4.79 Å². The Morgan fingerprint density at radius 1 is 1.69 bits per heavy atom. The lowest BCUT2D eigenvalue weighted by Gasteiger charge is -2.10. The van der Waals surface area contributed by atoms with E-state index < -0.39 is 6.09 Å². The standard InChI is InChI=1S/C9H14N2O2/c1-7-5-3-4-6-8(7)11-13-9(12)10-2/h5H,3-4,6H2,1-2H3,(H,10,12)/b11-8+. The average Bonchev–Trinajstić information content (AvgIpc) is 2.16. The molecule has 13 heavy (non-hydrogen) atoms. The van der Waals surface area contributed by atoms with Gasteiger partial charge in [-0.3, -0.25) is 4.84 Å². The second-order valence-electron chi connectivity index (χ2n) is 2.95. The third-order valence-electron chi connectivity index (χ3n) is 1.97. The van der Waals surface area contributed by atoms with Crippen LogP contribution in [0.2, 0.25) is 0 Å². The van der Waals surface area contributed by atoms with E-state index in [9.17, 15) is 4.79 Å². The molecule has 72 valence electrons. The van der Waals surface area contributed by atoms with E-state index in [2.05, 4.69) is 21.4 Å². The van der Waals surface area contributed by atoms with Crippen LogP contribution in [-0.4, -0.2) is 18.9 Å². The van der Waals surface area contributed by atoms with Crippen molar-refractivity contribution < 1.29 is 9.63 Å². The lowest BCUT2D eigenvalue weighted by molar-refractivity contribution is 0.153. The summed E-state index contributed by atoms with van der Waals surface area (Å²) in [7, 11) is 1.51. The lowest BCUT2D eigenvalue weighted by Crippen LogP contribution is -2.18. The van der Waals surface area contributed by atoms with Crippen LogP contribution >= 0.6 is 0 Å². The number of hydrogen-bond acceptors (Lipinski definition) is 3. The summed E-state index contributed by atoms with van der Waals surface area (Å²) in [4.78, 5) is 15.3. The van der Waals surface area contributed by atoms with Crippen molar-refractivity contribution in [3.8, 4) is 0 Å².